The Labute approximate surface area is 155 Å². The molecule has 0 saturated heterocycles. The van der Waals surface area contributed by atoms with Crippen LogP contribution in [0.2, 0.25) is 0 Å². The Morgan fingerprint density at radius 2 is 1.96 bits per heavy atom. The zero-order valence-electron chi connectivity index (χ0n) is 14.5. The van der Waals surface area contributed by atoms with E-state index in [4.69, 9.17) is 4.42 Å². The van der Waals surface area contributed by atoms with Crippen LogP contribution < -0.4 is 0 Å². The first-order valence-electron chi connectivity index (χ1n) is 7.96. The van der Waals surface area contributed by atoms with E-state index in [0.29, 0.717) is 12.1 Å². The summed E-state index contributed by atoms with van der Waals surface area (Å²) in [5.41, 5.74) is 2.92. The van der Waals surface area contributed by atoms with E-state index in [2.05, 4.69) is 10.4 Å². The van der Waals surface area contributed by atoms with Gasteiger partial charge < -0.3 is 9.32 Å². The highest BCUT2D eigenvalue weighted by Crippen LogP contribution is 2.26. The van der Waals surface area contributed by atoms with Gasteiger partial charge in [0.2, 0.25) is 0 Å². The third-order valence-electron chi connectivity index (χ3n) is 3.70. The number of aromatic nitrogens is 1. The third kappa shape index (κ3) is 4.74. The van der Waals surface area contributed by atoms with Gasteiger partial charge in [-0.25, -0.2) is 4.98 Å². The van der Waals surface area contributed by atoms with Crippen LogP contribution in [0, 0.1) is 13.8 Å². The van der Waals surface area contributed by atoms with E-state index < -0.39 is 0 Å². The van der Waals surface area contributed by atoms with E-state index in [9.17, 15) is 4.79 Å². The normalized spacial score (nSPS) is 10.8. The molecule has 4 nitrogen and oxygen atoms in total. The molecular formula is C19H20N2O2S2. The highest BCUT2D eigenvalue weighted by atomic mass is 32.2. The Morgan fingerprint density at radius 1 is 1.20 bits per heavy atom. The lowest BCUT2D eigenvalue weighted by atomic mass is 10.1. The number of carbonyl (C=O) groups excluding carboxylic acids is 1. The molecule has 1 aromatic carbocycles. The minimum atomic E-state index is -0.0104. The molecule has 0 unspecified atom stereocenters. The maximum Gasteiger partial charge on any atom is 0.254 e. The van der Waals surface area contributed by atoms with E-state index in [1.54, 1.807) is 35.0 Å². The first-order chi connectivity index (χ1) is 12.0. The standard InChI is InChI=1S/C19H20N2O2S2/c1-13-11-24-19(20-13)25-12-15-5-7-16(8-6-15)18(22)21(3)10-17-9-4-14(2)23-17/h4-9,11H,10,12H2,1-3H3. The lowest BCUT2D eigenvalue weighted by Gasteiger charge is -2.16. The predicted octanol–water partition coefficient (Wildman–Crippen LogP) is 4.92. The summed E-state index contributed by atoms with van der Waals surface area (Å²) in [5.74, 6) is 2.49. The van der Waals surface area contributed by atoms with Crippen molar-refractivity contribution in [3.8, 4) is 0 Å². The Kier molecular flexibility index (Phi) is 5.60. The smallest absolute Gasteiger partial charge is 0.254 e. The van der Waals surface area contributed by atoms with Crippen molar-refractivity contribution < 1.29 is 9.21 Å². The van der Waals surface area contributed by atoms with Gasteiger partial charge in [-0.1, -0.05) is 23.9 Å². The SMILES string of the molecule is Cc1csc(SCc2ccc(C(=O)N(C)Cc3ccc(C)o3)cc2)n1. The van der Waals surface area contributed by atoms with Gasteiger partial charge in [-0.15, -0.1) is 11.3 Å². The van der Waals surface area contributed by atoms with Crippen molar-refractivity contribution in [3.05, 3.63) is 70.1 Å². The van der Waals surface area contributed by atoms with Crippen molar-refractivity contribution in [1.29, 1.82) is 0 Å². The molecule has 0 aliphatic carbocycles. The molecule has 0 aliphatic rings. The van der Waals surface area contributed by atoms with Crippen LogP contribution >= 0.6 is 23.1 Å². The van der Waals surface area contributed by atoms with E-state index in [1.807, 2.05) is 50.2 Å². The van der Waals surface area contributed by atoms with Crippen LogP contribution in [0.15, 0.2) is 50.5 Å². The van der Waals surface area contributed by atoms with Crippen LogP contribution in [0.4, 0.5) is 0 Å². The molecule has 25 heavy (non-hydrogen) atoms. The van der Waals surface area contributed by atoms with E-state index in [1.165, 1.54) is 5.56 Å². The second-order valence-corrected chi connectivity index (χ2v) is 7.99. The number of hydrogen-bond donors (Lipinski definition) is 0. The zero-order valence-corrected chi connectivity index (χ0v) is 16.1. The molecular weight excluding hydrogens is 352 g/mol. The Balaban J connectivity index is 1.58. The third-order valence-corrected chi connectivity index (χ3v) is 5.91. The largest absolute Gasteiger partial charge is 0.464 e. The molecule has 3 rings (SSSR count). The fourth-order valence-electron chi connectivity index (χ4n) is 2.38. The van der Waals surface area contributed by atoms with Crippen LogP contribution in [0.25, 0.3) is 0 Å². The van der Waals surface area contributed by atoms with Gasteiger partial charge in [0.15, 0.2) is 0 Å². The number of nitrogens with zero attached hydrogens (tertiary/aromatic N) is 2. The van der Waals surface area contributed by atoms with Crippen LogP contribution in [-0.4, -0.2) is 22.8 Å². The van der Waals surface area contributed by atoms with E-state index in [-0.39, 0.29) is 5.91 Å². The highest BCUT2D eigenvalue weighted by Gasteiger charge is 2.13. The van der Waals surface area contributed by atoms with Crippen LogP contribution in [0.3, 0.4) is 0 Å². The van der Waals surface area contributed by atoms with Crippen molar-refractivity contribution in [1.82, 2.24) is 9.88 Å². The molecule has 0 N–H and O–H groups in total. The van der Waals surface area contributed by atoms with Crippen LogP contribution in [0.5, 0.6) is 0 Å². The number of aryl methyl sites for hydroxylation is 2. The quantitative estimate of drug-likeness (QED) is 0.576. The fraction of sp³-hybridized carbons (Fsp3) is 0.263. The number of amides is 1. The van der Waals surface area contributed by atoms with Gasteiger partial charge >= 0.3 is 0 Å². The topological polar surface area (TPSA) is 46.3 Å². The van der Waals surface area contributed by atoms with Gasteiger partial charge in [0, 0.05) is 29.4 Å². The number of carbonyl (C=O) groups is 1. The maximum absolute atomic E-state index is 12.5. The Bertz CT molecular complexity index is 852. The lowest BCUT2D eigenvalue weighted by Crippen LogP contribution is -2.25. The molecule has 3 aromatic rings. The number of hydrogen-bond acceptors (Lipinski definition) is 5. The second kappa shape index (κ2) is 7.89. The number of benzene rings is 1. The van der Waals surface area contributed by atoms with Crippen molar-refractivity contribution in [3.63, 3.8) is 0 Å². The molecule has 130 valence electrons. The number of furan rings is 1. The summed E-state index contributed by atoms with van der Waals surface area (Å²) in [5, 5.41) is 2.06. The summed E-state index contributed by atoms with van der Waals surface area (Å²) in [6, 6.07) is 11.6. The molecule has 0 fully saturated rings. The summed E-state index contributed by atoms with van der Waals surface area (Å²) < 4.78 is 6.61. The molecule has 1 amide bonds. The first-order valence-corrected chi connectivity index (χ1v) is 9.82. The van der Waals surface area contributed by atoms with Crippen LogP contribution in [0.1, 0.15) is 33.1 Å². The summed E-state index contributed by atoms with van der Waals surface area (Å²) in [7, 11) is 1.79. The molecule has 0 aliphatic heterocycles. The number of thioether (sulfide) groups is 1. The molecule has 0 radical (unpaired) electrons. The monoisotopic (exact) mass is 372 g/mol. The summed E-state index contributed by atoms with van der Waals surface area (Å²) in [4.78, 5) is 18.6. The van der Waals surface area contributed by atoms with Gasteiger partial charge in [0.05, 0.1) is 6.54 Å². The van der Waals surface area contributed by atoms with Crippen LogP contribution in [-0.2, 0) is 12.3 Å². The molecule has 0 saturated carbocycles. The number of rotatable bonds is 6. The maximum atomic E-state index is 12.5. The predicted molar refractivity (Wildman–Crippen MR) is 102 cm³/mol. The molecule has 0 bridgehead atoms. The number of thiazole rings is 1. The van der Waals surface area contributed by atoms with Gasteiger partial charge in [0.25, 0.3) is 5.91 Å². The minimum Gasteiger partial charge on any atom is -0.464 e. The van der Waals surface area contributed by atoms with Gasteiger partial charge in [-0.2, -0.15) is 0 Å². The van der Waals surface area contributed by atoms with Crippen molar-refractivity contribution in [2.75, 3.05) is 7.05 Å². The van der Waals surface area contributed by atoms with E-state index >= 15 is 0 Å². The van der Waals surface area contributed by atoms with Crippen molar-refractivity contribution >= 4 is 29.0 Å². The zero-order chi connectivity index (χ0) is 17.8. The molecule has 2 heterocycles. The summed E-state index contributed by atoms with van der Waals surface area (Å²) >= 11 is 3.38. The Hall–Kier alpha value is -2.05. The molecule has 0 spiro atoms. The second-order valence-electron chi connectivity index (χ2n) is 5.91. The molecule has 6 heteroatoms. The Morgan fingerprint density at radius 3 is 2.56 bits per heavy atom. The first kappa shape index (κ1) is 17.8. The van der Waals surface area contributed by atoms with Gasteiger partial charge in [0.1, 0.15) is 15.9 Å². The van der Waals surface area contributed by atoms with E-state index in [0.717, 1.165) is 27.3 Å². The highest BCUT2D eigenvalue weighted by molar-refractivity contribution is 8.00. The molecule has 0 atom stereocenters. The average Bonchev–Trinajstić information content (AvgIpc) is 3.21. The average molecular weight is 373 g/mol. The lowest BCUT2D eigenvalue weighted by molar-refractivity contribution is 0.0775. The fourth-order valence-corrected chi connectivity index (χ4v) is 4.19. The molecule has 2 aromatic heterocycles. The van der Waals surface area contributed by atoms with Crippen molar-refractivity contribution in [2.45, 2.75) is 30.5 Å². The minimum absolute atomic E-state index is 0.0104. The summed E-state index contributed by atoms with van der Waals surface area (Å²) in [6.07, 6.45) is 0. The van der Waals surface area contributed by atoms with Gasteiger partial charge in [-0.3, -0.25) is 4.79 Å². The van der Waals surface area contributed by atoms with Crippen molar-refractivity contribution in [2.24, 2.45) is 0 Å². The summed E-state index contributed by atoms with van der Waals surface area (Å²) in [6.45, 7) is 4.37. The van der Waals surface area contributed by atoms with Gasteiger partial charge in [-0.05, 0) is 43.7 Å².